The number of carboxylic acid groups (broad SMARTS) is 1. The van der Waals surface area contributed by atoms with E-state index in [-0.39, 0.29) is 18.6 Å². The molecule has 0 spiro atoms. The number of piperazine rings is 1. The van der Waals surface area contributed by atoms with E-state index in [1.54, 1.807) is 4.90 Å². The highest BCUT2D eigenvalue weighted by Crippen LogP contribution is 2.27. The maximum Gasteiger partial charge on any atom is 0.410 e. The molecule has 1 N–H and O–H groups in total. The number of hydrogen-bond donors (Lipinski definition) is 1. The van der Waals surface area contributed by atoms with Gasteiger partial charge in [-0.1, -0.05) is 30.3 Å². The number of hydrogen-bond acceptors (Lipinski definition) is 4. The Morgan fingerprint density at radius 1 is 1.21 bits per heavy atom. The smallest absolute Gasteiger partial charge is 0.410 e. The lowest BCUT2D eigenvalue weighted by atomic mass is 10.0. The third-order valence-electron chi connectivity index (χ3n) is 3.92. The standard InChI is InChI=1S/C18H26N2O4/c1-18(2,3)24-17(23)20-12-11-19(10-9-16(21)22)13-15(20)14-7-5-4-6-8-14/h4-8,15H,9-13H2,1-3H3,(H,21,22). The topological polar surface area (TPSA) is 70.1 Å². The first kappa shape index (κ1) is 18.3. The molecule has 1 saturated heterocycles. The zero-order valence-corrected chi connectivity index (χ0v) is 14.6. The number of ether oxygens (including phenoxy) is 1. The van der Waals surface area contributed by atoms with E-state index >= 15 is 0 Å². The fourth-order valence-corrected chi connectivity index (χ4v) is 2.80. The first-order chi connectivity index (χ1) is 11.3. The molecule has 6 nitrogen and oxygen atoms in total. The fraction of sp³-hybridized carbons (Fsp3) is 0.556. The molecule has 132 valence electrons. The highest BCUT2D eigenvalue weighted by Gasteiger charge is 2.34. The van der Waals surface area contributed by atoms with E-state index in [1.807, 2.05) is 51.1 Å². The molecule has 1 unspecified atom stereocenters. The Hall–Kier alpha value is -2.08. The number of nitrogens with zero attached hydrogens (tertiary/aromatic N) is 2. The molecule has 1 aliphatic heterocycles. The first-order valence-electron chi connectivity index (χ1n) is 8.25. The van der Waals surface area contributed by atoms with Crippen molar-refractivity contribution in [3.63, 3.8) is 0 Å². The molecule has 1 aliphatic rings. The summed E-state index contributed by atoms with van der Waals surface area (Å²) in [6, 6.07) is 9.67. The average Bonchev–Trinajstić information content (AvgIpc) is 2.52. The number of carbonyl (C=O) groups excluding carboxylic acids is 1. The predicted molar refractivity (Wildman–Crippen MR) is 90.8 cm³/mol. The van der Waals surface area contributed by atoms with Crippen molar-refractivity contribution in [3.8, 4) is 0 Å². The number of carboxylic acids is 1. The lowest BCUT2D eigenvalue weighted by Crippen LogP contribution is -2.52. The molecule has 0 saturated carbocycles. The number of carbonyl (C=O) groups is 2. The zero-order chi connectivity index (χ0) is 17.7. The van der Waals surface area contributed by atoms with Crippen LogP contribution in [-0.4, -0.2) is 58.7 Å². The summed E-state index contributed by atoms with van der Waals surface area (Å²) < 4.78 is 5.54. The van der Waals surface area contributed by atoms with E-state index < -0.39 is 11.6 Å². The monoisotopic (exact) mass is 334 g/mol. The van der Waals surface area contributed by atoms with Crippen LogP contribution in [-0.2, 0) is 9.53 Å². The summed E-state index contributed by atoms with van der Waals surface area (Å²) in [5.41, 5.74) is 0.488. The third kappa shape index (κ3) is 5.23. The molecule has 1 aromatic carbocycles. The molecular formula is C18H26N2O4. The van der Waals surface area contributed by atoms with Crippen LogP contribution in [0, 0.1) is 0 Å². The Morgan fingerprint density at radius 2 is 1.88 bits per heavy atom. The molecule has 1 aromatic rings. The van der Waals surface area contributed by atoms with Gasteiger partial charge < -0.3 is 9.84 Å². The van der Waals surface area contributed by atoms with Gasteiger partial charge in [-0.25, -0.2) is 4.79 Å². The molecule has 0 aromatic heterocycles. The summed E-state index contributed by atoms with van der Waals surface area (Å²) in [7, 11) is 0. The van der Waals surface area contributed by atoms with E-state index in [0.29, 0.717) is 26.2 Å². The van der Waals surface area contributed by atoms with Gasteiger partial charge in [0.05, 0.1) is 12.5 Å². The molecule has 24 heavy (non-hydrogen) atoms. The Bertz CT molecular complexity index is 568. The SMILES string of the molecule is CC(C)(C)OC(=O)N1CCN(CCC(=O)O)CC1c1ccccc1. The average molecular weight is 334 g/mol. The quantitative estimate of drug-likeness (QED) is 0.917. The van der Waals surface area contributed by atoms with Crippen molar-refractivity contribution in [2.75, 3.05) is 26.2 Å². The third-order valence-corrected chi connectivity index (χ3v) is 3.92. The minimum atomic E-state index is -0.805. The van der Waals surface area contributed by atoms with E-state index in [1.165, 1.54) is 0 Å². The fourth-order valence-electron chi connectivity index (χ4n) is 2.80. The van der Waals surface area contributed by atoms with Crippen LogP contribution in [0.25, 0.3) is 0 Å². The van der Waals surface area contributed by atoms with Gasteiger partial charge in [-0.05, 0) is 26.3 Å². The molecule has 0 radical (unpaired) electrons. The van der Waals surface area contributed by atoms with Crippen LogP contribution in [0.3, 0.4) is 0 Å². The van der Waals surface area contributed by atoms with Gasteiger partial charge in [0.25, 0.3) is 0 Å². The summed E-state index contributed by atoms with van der Waals surface area (Å²) in [6.45, 7) is 7.82. The van der Waals surface area contributed by atoms with Crippen LogP contribution >= 0.6 is 0 Å². The molecule has 2 rings (SSSR count). The number of aliphatic carboxylic acids is 1. The first-order valence-corrected chi connectivity index (χ1v) is 8.25. The normalized spacial score (nSPS) is 19.1. The Morgan fingerprint density at radius 3 is 2.46 bits per heavy atom. The Balaban J connectivity index is 2.14. The summed E-state index contributed by atoms with van der Waals surface area (Å²) in [6.07, 6.45) is -0.220. The lowest BCUT2D eigenvalue weighted by molar-refractivity contribution is -0.137. The summed E-state index contributed by atoms with van der Waals surface area (Å²) >= 11 is 0. The molecule has 6 heteroatoms. The molecule has 0 bridgehead atoms. The van der Waals surface area contributed by atoms with Gasteiger partial charge in [-0.2, -0.15) is 0 Å². The molecule has 1 atom stereocenters. The van der Waals surface area contributed by atoms with Gasteiger partial charge in [0, 0.05) is 26.2 Å². The summed E-state index contributed by atoms with van der Waals surface area (Å²) in [4.78, 5) is 27.2. The minimum Gasteiger partial charge on any atom is -0.481 e. The van der Waals surface area contributed by atoms with Crippen molar-refractivity contribution in [3.05, 3.63) is 35.9 Å². The van der Waals surface area contributed by atoms with Crippen molar-refractivity contribution in [2.24, 2.45) is 0 Å². The van der Waals surface area contributed by atoms with Crippen LogP contribution < -0.4 is 0 Å². The van der Waals surface area contributed by atoms with E-state index in [2.05, 4.69) is 4.90 Å². The van der Waals surface area contributed by atoms with E-state index in [4.69, 9.17) is 9.84 Å². The van der Waals surface area contributed by atoms with Gasteiger partial charge in [-0.15, -0.1) is 0 Å². The molecule has 1 heterocycles. The highest BCUT2D eigenvalue weighted by atomic mass is 16.6. The lowest BCUT2D eigenvalue weighted by Gasteiger charge is -2.41. The second-order valence-electron chi connectivity index (χ2n) is 7.04. The molecule has 1 amide bonds. The van der Waals surface area contributed by atoms with Crippen molar-refractivity contribution >= 4 is 12.1 Å². The summed E-state index contributed by atoms with van der Waals surface area (Å²) in [5, 5.41) is 8.88. The molecule has 1 fully saturated rings. The van der Waals surface area contributed by atoms with Crippen LogP contribution in [0.4, 0.5) is 4.79 Å². The maximum absolute atomic E-state index is 12.6. The predicted octanol–water partition coefficient (Wildman–Crippen LogP) is 2.76. The van der Waals surface area contributed by atoms with Gasteiger partial charge in [0.1, 0.15) is 5.60 Å². The van der Waals surface area contributed by atoms with Gasteiger partial charge >= 0.3 is 12.1 Å². The second kappa shape index (κ2) is 7.66. The highest BCUT2D eigenvalue weighted by molar-refractivity contribution is 5.69. The minimum absolute atomic E-state index is 0.105. The second-order valence-corrected chi connectivity index (χ2v) is 7.04. The van der Waals surface area contributed by atoms with Crippen LogP contribution in [0.5, 0.6) is 0 Å². The zero-order valence-electron chi connectivity index (χ0n) is 14.6. The van der Waals surface area contributed by atoms with E-state index in [0.717, 1.165) is 5.56 Å². The Labute approximate surface area is 143 Å². The molecular weight excluding hydrogens is 308 g/mol. The van der Waals surface area contributed by atoms with Crippen molar-refractivity contribution in [1.29, 1.82) is 0 Å². The van der Waals surface area contributed by atoms with Gasteiger partial charge in [0.15, 0.2) is 0 Å². The van der Waals surface area contributed by atoms with Crippen LogP contribution in [0.2, 0.25) is 0 Å². The maximum atomic E-state index is 12.6. The number of rotatable bonds is 4. The molecule has 0 aliphatic carbocycles. The number of amides is 1. The van der Waals surface area contributed by atoms with Crippen LogP contribution in [0.15, 0.2) is 30.3 Å². The van der Waals surface area contributed by atoms with Crippen LogP contribution in [0.1, 0.15) is 38.8 Å². The van der Waals surface area contributed by atoms with E-state index in [9.17, 15) is 9.59 Å². The van der Waals surface area contributed by atoms with Crippen molar-refractivity contribution < 1.29 is 19.4 Å². The van der Waals surface area contributed by atoms with Gasteiger partial charge in [0.2, 0.25) is 0 Å². The largest absolute Gasteiger partial charge is 0.481 e. The summed E-state index contributed by atoms with van der Waals surface area (Å²) in [5.74, 6) is -0.805. The van der Waals surface area contributed by atoms with Gasteiger partial charge in [-0.3, -0.25) is 14.6 Å². The van der Waals surface area contributed by atoms with Crippen molar-refractivity contribution in [2.45, 2.75) is 38.8 Å². The Kier molecular flexibility index (Phi) is 5.83. The van der Waals surface area contributed by atoms with Crippen molar-refractivity contribution in [1.82, 2.24) is 9.80 Å². The number of benzene rings is 1.